The summed E-state index contributed by atoms with van der Waals surface area (Å²) in [6.45, 7) is 2.52. The number of hydrogen-bond donors (Lipinski definition) is 0. The van der Waals surface area contributed by atoms with Crippen LogP contribution in [0.15, 0.2) is 58.1 Å². The van der Waals surface area contributed by atoms with Crippen LogP contribution < -0.4 is 16.1 Å². The highest BCUT2D eigenvalue weighted by Gasteiger charge is 2.11. The van der Waals surface area contributed by atoms with Gasteiger partial charge in [0.25, 0.3) is 0 Å². The molecule has 0 fully saturated rings. The minimum absolute atomic E-state index is 0.361. The standard InChI is InChI=1S/C18H19N3O3/c1-13-4-6-14(7-5-13)12-24-16-10-8-15(9-11-16)21-18(23)19(2)17(22)20(21)3/h4-11H,12H2,1-3H3. The molecular weight excluding hydrogens is 306 g/mol. The van der Waals surface area contributed by atoms with Crippen molar-refractivity contribution in [1.82, 2.24) is 13.9 Å². The normalized spacial score (nSPS) is 10.8. The van der Waals surface area contributed by atoms with Crippen LogP contribution >= 0.6 is 0 Å². The predicted octanol–water partition coefficient (Wildman–Crippen LogP) is 1.76. The second-order valence-electron chi connectivity index (χ2n) is 5.73. The van der Waals surface area contributed by atoms with Crippen molar-refractivity contribution in [2.45, 2.75) is 13.5 Å². The first-order valence-corrected chi connectivity index (χ1v) is 7.61. The van der Waals surface area contributed by atoms with Gasteiger partial charge in [-0.05, 0) is 36.8 Å². The van der Waals surface area contributed by atoms with E-state index in [1.165, 1.54) is 22.0 Å². The first-order chi connectivity index (χ1) is 11.5. The van der Waals surface area contributed by atoms with Gasteiger partial charge in [-0.1, -0.05) is 29.8 Å². The lowest BCUT2D eigenvalue weighted by molar-refractivity contribution is 0.306. The molecule has 3 aromatic rings. The number of ether oxygens (including phenoxy) is 1. The smallest absolute Gasteiger partial charge is 0.351 e. The van der Waals surface area contributed by atoms with Crippen molar-refractivity contribution in [1.29, 1.82) is 0 Å². The van der Waals surface area contributed by atoms with Crippen LogP contribution in [0.1, 0.15) is 11.1 Å². The van der Waals surface area contributed by atoms with Crippen LogP contribution in [0.5, 0.6) is 5.75 Å². The number of nitrogens with zero attached hydrogens (tertiary/aromatic N) is 3. The van der Waals surface area contributed by atoms with E-state index in [0.29, 0.717) is 18.0 Å². The van der Waals surface area contributed by atoms with E-state index in [9.17, 15) is 9.59 Å². The summed E-state index contributed by atoms with van der Waals surface area (Å²) in [5.41, 5.74) is 2.17. The molecule has 24 heavy (non-hydrogen) atoms. The van der Waals surface area contributed by atoms with Gasteiger partial charge in [-0.15, -0.1) is 0 Å². The summed E-state index contributed by atoms with van der Waals surface area (Å²) >= 11 is 0. The SMILES string of the molecule is Cc1ccc(COc2ccc(-n3c(=O)n(C)c(=O)n3C)cc2)cc1. The van der Waals surface area contributed by atoms with Gasteiger partial charge >= 0.3 is 11.4 Å². The number of hydrogen-bond acceptors (Lipinski definition) is 3. The van der Waals surface area contributed by atoms with E-state index in [-0.39, 0.29) is 11.4 Å². The highest BCUT2D eigenvalue weighted by molar-refractivity contribution is 5.36. The van der Waals surface area contributed by atoms with Gasteiger partial charge in [0.2, 0.25) is 0 Å². The summed E-state index contributed by atoms with van der Waals surface area (Å²) in [4.78, 5) is 23.9. The molecule has 1 aromatic heterocycles. The molecule has 0 N–H and O–H groups in total. The largest absolute Gasteiger partial charge is 0.489 e. The quantitative estimate of drug-likeness (QED) is 0.734. The molecular formula is C18H19N3O3. The average molecular weight is 325 g/mol. The number of benzene rings is 2. The zero-order valence-corrected chi connectivity index (χ0v) is 13.9. The third kappa shape index (κ3) is 2.90. The van der Waals surface area contributed by atoms with E-state index in [2.05, 4.69) is 0 Å². The van der Waals surface area contributed by atoms with Crippen molar-refractivity contribution in [3.63, 3.8) is 0 Å². The Bertz CT molecular complexity index is 961. The molecule has 3 rings (SSSR count). The van der Waals surface area contributed by atoms with Gasteiger partial charge in [-0.25, -0.2) is 18.8 Å². The molecule has 2 aromatic carbocycles. The van der Waals surface area contributed by atoms with Crippen molar-refractivity contribution in [3.8, 4) is 11.4 Å². The van der Waals surface area contributed by atoms with E-state index >= 15 is 0 Å². The molecule has 6 nitrogen and oxygen atoms in total. The molecule has 0 atom stereocenters. The molecule has 1 heterocycles. The fourth-order valence-electron chi connectivity index (χ4n) is 2.47. The Morgan fingerprint density at radius 3 is 2.04 bits per heavy atom. The predicted molar refractivity (Wildman–Crippen MR) is 91.8 cm³/mol. The molecule has 0 aliphatic carbocycles. The van der Waals surface area contributed by atoms with Gasteiger partial charge in [0.15, 0.2) is 0 Å². The Kier molecular flexibility index (Phi) is 4.12. The van der Waals surface area contributed by atoms with Crippen LogP contribution in [-0.2, 0) is 20.7 Å². The molecule has 0 radical (unpaired) electrons. The van der Waals surface area contributed by atoms with Gasteiger partial charge in [-0.3, -0.25) is 0 Å². The molecule has 0 aliphatic heterocycles. The molecule has 0 aliphatic rings. The maximum atomic E-state index is 12.1. The number of aryl methyl sites for hydroxylation is 1. The zero-order chi connectivity index (χ0) is 17.3. The third-order valence-electron chi connectivity index (χ3n) is 3.94. The molecule has 0 spiro atoms. The lowest BCUT2D eigenvalue weighted by atomic mass is 10.2. The summed E-state index contributed by atoms with van der Waals surface area (Å²) < 4.78 is 9.43. The van der Waals surface area contributed by atoms with Gasteiger partial charge in [0.1, 0.15) is 12.4 Å². The summed E-state index contributed by atoms with van der Waals surface area (Å²) in [5.74, 6) is 0.702. The monoisotopic (exact) mass is 325 g/mol. The van der Waals surface area contributed by atoms with Gasteiger partial charge < -0.3 is 4.74 Å². The first-order valence-electron chi connectivity index (χ1n) is 7.61. The minimum atomic E-state index is -0.379. The van der Waals surface area contributed by atoms with E-state index < -0.39 is 0 Å². The highest BCUT2D eigenvalue weighted by Crippen LogP contribution is 2.16. The molecule has 6 heteroatoms. The number of aromatic nitrogens is 3. The summed E-state index contributed by atoms with van der Waals surface area (Å²) in [5, 5.41) is 0. The maximum absolute atomic E-state index is 12.1. The highest BCUT2D eigenvalue weighted by atomic mass is 16.5. The Labute approximate surface area is 139 Å². The Hall–Kier alpha value is -3.02. The van der Waals surface area contributed by atoms with Crippen molar-refractivity contribution in [3.05, 3.63) is 80.6 Å². The van der Waals surface area contributed by atoms with Crippen LogP contribution in [0.2, 0.25) is 0 Å². The summed E-state index contributed by atoms with van der Waals surface area (Å²) in [6.07, 6.45) is 0. The molecule has 0 unspecified atom stereocenters. The molecule has 0 saturated carbocycles. The maximum Gasteiger partial charge on any atom is 0.351 e. The Morgan fingerprint density at radius 1 is 0.875 bits per heavy atom. The van der Waals surface area contributed by atoms with E-state index in [1.807, 2.05) is 31.2 Å². The fraction of sp³-hybridized carbons (Fsp3) is 0.222. The zero-order valence-electron chi connectivity index (χ0n) is 13.9. The lowest BCUT2D eigenvalue weighted by Gasteiger charge is -2.09. The third-order valence-corrected chi connectivity index (χ3v) is 3.94. The van der Waals surface area contributed by atoms with E-state index in [0.717, 1.165) is 10.1 Å². The van der Waals surface area contributed by atoms with Crippen LogP contribution in [0.4, 0.5) is 0 Å². The molecule has 0 amide bonds. The fourth-order valence-corrected chi connectivity index (χ4v) is 2.47. The molecule has 0 saturated heterocycles. The van der Waals surface area contributed by atoms with Gasteiger partial charge in [0.05, 0.1) is 5.69 Å². The van der Waals surface area contributed by atoms with Gasteiger partial charge in [0, 0.05) is 14.1 Å². The molecule has 0 bridgehead atoms. The average Bonchev–Trinajstić information content (AvgIpc) is 2.78. The van der Waals surface area contributed by atoms with Crippen molar-refractivity contribution < 1.29 is 4.74 Å². The van der Waals surface area contributed by atoms with Crippen molar-refractivity contribution in [2.75, 3.05) is 0 Å². The van der Waals surface area contributed by atoms with Crippen LogP contribution in [-0.4, -0.2) is 13.9 Å². The Morgan fingerprint density at radius 2 is 1.50 bits per heavy atom. The second-order valence-corrected chi connectivity index (χ2v) is 5.73. The molecule has 124 valence electrons. The minimum Gasteiger partial charge on any atom is -0.489 e. The van der Waals surface area contributed by atoms with E-state index in [1.54, 1.807) is 31.3 Å². The number of rotatable bonds is 4. The van der Waals surface area contributed by atoms with Crippen molar-refractivity contribution in [2.24, 2.45) is 14.1 Å². The topological polar surface area (TPSA) is 58.2 Å². The Balaban J connectivity index is 1.79. The van der Waals surface area contributed by atoms with Gasteiger partial charge in [-0.2, -0.15) is 4.68 Å². The van der Waals surface area contributed by atoms with E-state index in [4.69, 9.17) is 4.74 Å². The van der Waals surface area contributed by atoms with Crippen LogP contribution in [0.3, 0.4) is 0 Å². The van der Waals surface area contributed by atoms with Crippen LogP contribution in [0, 0.1) is 6.92 Å². The van der Waals surface area contributed by atoms with Crippen LogP contribution in [0.25, 0.3) is 5.69 Å². The summed E-state index contributed by atoms with van der Waals surface area (Å²) in [7, 11) is 3.02. The van der Waals surface area contributed by atoms with Crippen molar-refractivity contribution >= 4 is 0 Å². The lowest BCUT2D eigenvalue weighted by Crippen LogP contribution is -2.25. The second kappa shape index (κ2) is 6.23. The summed E-state index contributed by atoms with van der Waals surface area (Å²) in [6, 6.07) is 15.2. The first kappa shape index (κ1) is 15.9.